The molecule has 0 aliphatic rings. The normalized spacial score (nSPS) is 12.9. The average molecular weight is 234 g/mol. The van der Waals surface area contributed by atoms with E-state index in [1.165, 1.54) is 18.4 Å². The molecule has 1 atom stereocenters. The summed E-state index contributed by atoms with van der Waals surface area (Å²) in [6.07, 6.45) is 3.51. The SMILES string of the molecule is CCC(CC)CNC(CN)Cc1ccccc1. The van der Waals surface area contributed by atoms with Crippen molar-refractivity contribution in [2.75, 3.05) is 13.1 Å². The van der Waals surface area contributed by atoms with Gasteiger partial charge >= 0.3 is 0 Å². The third-order valence-corrected chi connectivity index (χ3v) is 3.46. The zero-order valence-corrected chi connectivity index (χ0v) is 11.2. The molecule has 0 saturated heterocycles. The maximum atomic E-state index is 5.83. The lowest BCUT2D eigenvalue weighted by molar-refractivity contribution is 0.407. The van der Waals surface area contributed by atoms with Gasteiger partial charge in [-0.15, -0.1) is 0 Å². The molecule has 3 N–H and O–H groups in total. The van der Waals surface area contributed by atoms with E-state index in [0.717, 1.165) is 18.9 Å². The summed E-state index contributed by atoms with van der Waals surface area (Å²) >= 11 is 0. The van der Waals surface area contributed by atoms with Gasteiger partial charge in [-0.2, -0.15) is 0 Å². The molecule has 0 radical (unpaired) electrons. The molecular formula is C15H26N2. The van der Waals surface area contributed by atoms with E-state index in [0.29, 0.717) is 12.6 Å². The Morgan fingerprint density at radius 3 is 2.29 bits per heavy atom. The van der Waals surface area contributed by atoms with E-state index in [1.54, 1.807) is 0 Å². The quantitative estimate of drug-likeness (QED) is 0.725. The molecule has 0 saturated carbocycles. The molecule has 0 fully saturated rings. The summed E-state index contributed by atoms with van der Waals surface area (Å²) in [6, 6.07) is 11.0. The summed E-state index contributed by atoms with van der Waals surface area (Å²) < 4.78 is 0. The molecule has 0 heterocycles. The van der Waals surface area contributed by atoms with Crippen LogP contribution >= 0.6 is 0 Å². The fourth-order valence-corrected chi connectivity index (χ4v) is 2.05. The molecule has 1 aromatic rings. The minimum atomic E-state index is 0.401. The van der Waals surface area contributed by atoms with Crippen molar-refractivity contribution in [2.24, 2.45) is 11.7 Å². The van der Waals surface area contributed by atoms with Crippen LogP contribution in [0.15, 0.2) is 30.3 Å². The molecule has 0 aliphatic carbocycles. The van der Waals surface area contributed by atoms with Crippen molar-refractivity contribution >= 4 is 0 Å². The predicted molar refractivity (Wildman–Crippen MR) is 75.1 cm³/mol. The second kappa shape index (κ2) is 8.26. The maximum Gasteiger partial charge on any atom is 0.0230 e. The highest BCUT2D eigenvalue weighted by Crippen LogP contribution is 2.07. The Morgan fingerprint density at radius 2 is 1.76 bits per heavy atom. The highest BCUT2D eigenvalue weighted by Gasteiger charge is 2.09. The molecule has 0 spiro atoms. The van der Waals surface area contributed by atoms with Crippen LogP contribution in [0.3, 0.4) is 0 Å². The summed E-state index contributed by atoms with van der Waals surface area (Å²) in [4.78, 5) is 0. The number of nitrogens with one attached hydrogen (secondary N) is 1. The number of benzene rings is 1. The second-order valence-corrected chi connectivity index (χ2v) is 4.71. The zero-order chi connectivity index (χ0) is 12.5. The molecule has 0 aromatic heterocycles. The Labute approximate surface area is 106 Å². The number of rotatable bonds is 8. The first-order valence-electron chi connectivity index (χ1n) is 6.77. The second-order valence-electron chi connectivity index (χ2n) is 4.71. The molecule has 1 aromatic carbocycles. The van der Waals surface area contributed by atoms with Crippen LogP contribution in [0.25, 0.3) is 0 Å². The zero-order valence-electron chi connectivity index (χ0n) is 11.2. The third kappa shape index (κ3) is 5.33. The van der Waals surface area contributed by atoms with Gasteiger partial charge in [-0.25, -0.2) is 0 Å². The number of nitrogens with two attached hydrogens (primary N) is 1. The molecule has 96 valence electrons. The first kappa shape index (κ1) is 14.2. The summed E-state index contributed by atoms with van der Waals surface area (Å²) in [5.41, 5.74) is 7.19. The van der Waals surface area contributed by atoms with Crippen molar-refractivity contribution in [1.82, 2.24) is 5.32 Å². The molecule has 0 amide bonds. The van der Waals surface area contributed by atoms with Gasteiger partial charge in [0.2, 0.25) is 0 Å². The lowest BCUT2D eigenvalue weighted by atomic mass is 10.0. The maximum absolute atomic E-state index is 5.83. The van der Waals surface area contributed by atoms with Gasteiger partial charge < -0.3 is 11.1 Å². The van der Waals surface area contributed by atoms with Crippen molar-refractivity contribution in [2.45, 2.75) is 39.2 Å². The fraction of sp³-hybridized carbons (Fsp3) is 0.600. The van der Waals surface area contributed by atoms with Crippen LogP contribution in [0.1, 0.15) is 32.3 Å². The molecule has 1 unspecified atom stereocenters. The van der Waals surface area contributed by atoms with E-state index in [2.05, 4.69) is 49.5 Å². The topological polar surface area (TPSA) is 38.0 Å². The van der Waals surface area contributed by atoms with Crippen LogP contribution in [-0.2, 0) is 6.42 Å². The highest BCUT2D eigenvalue weighted by molar-refractivity contribution is 5.15. The first-order chi connectivity index (χ1) is 8.30. The van der Waals surface area contributed by atoms with Crippen molar-refractivity contribution < 1.29 is 0 Å². The van der Waals surface area contributed by atoms with Gasteiger partial charge in [0.05, 0.1) is 0 Å². The molecule has 1 rings (SSSR count). The van der Waals surface area contributed by atoms with Gasteiger partial charge in [-0.1, -0.05) is 57.0 Å². The minimum Gasteiger partial charge on any atom is -0.329 e. The van der Waals surface area contributed by atoms with Gasteiger partial charge in [-0.3, -0.25) is 0 Å². The van der Waals surface area contributed by atoms with Crippen LogP contribution in [0.2, 0.25) is 0 Å². The number of hydrogen-bond donors (Lipinski definition) is 2. The van der Waals surface area contributed by atoms with E-state index in [9.17, 15) is 0 Å². The number of hydrogen-bond acceptors (Lipinski definition) is 2. The van der Waals surface area contributed by atoms with Gasteiger partial charge in [-0.05, 0) is 24.4 Å². The lowest BCUT2D eigenvalue weighted by Gasteiger charge is -2.20. The van der Waals surface area contributed by atoms with E-state index < -0.39 is 0 Å². The van der Waals surface area contributed by atoms with E-state index >= 15 is 0 Å². The van der Waals surface area contributed by atoms with E-state index in [4.69, 9.17) is 5.73 Å². The highest BCUT2D eigenvalue weighted by atomic mass is 14.9. The molecule has 0 bridgehead atoms. The smallest absolute Gasteiger partial charge is 0.0230 e. The Hall–Kier alpha value is -0.860. The Kier molecular flexibility index (Phi) is 6.90. The summed E-state index contributed by atoms with van der Waals surface area (Å²) in [5, 5.41) is 3.59. The Bertz CT molecular complexity index is 280. The van der Waals surface area contributed by atoms with Gasteiger partial charge in [0, 0.05) is 12.6 Å². The summed E-state index contributed by atoms with van der Waals surface area (Å²) in [6.45, 7) is 6.30. The first-order valence-corrected chi connectivity index (χ1v) is 6.77. The molecule has 2 nitrogen and oxygen atoms in total. The fourth-order valence-electron chi connectivity index (χ4n) is 2.05. The van der Waals surface area contributed by atoms with Gasteiger partial charge in [0.25, 0.3) is 0 Å². The van der Waals surface area contributed by atoms with E-state index in [1.807, 2.05) is 0 Å². The van der Waals surface area contributed by atoms with Crippen molar-refractivity contribution in [3.8, 4) is 0 Å². The van der Waals surface area contributed by atoms with Crippen LogP contribution < -0.4 is 11.1 Å². The third-order valence-electron chi connectivity index (χ3n) is 3.46. The minimum absolute atomic E-state index is 0.401. The van der Waals surface area contributed by atoms with E-state index in [-0.39, 0.29) is 0 Å². The van der Waals surface area contributed by atoms with Crippen molar-refractivity contribution in [3.63, 3.8) is 0 Å². The predicted octanol–water partition coefficient (Wildman–Crippen LogP) is 2.58. The van der Waals surface area contributed by atoms with Crippen LogP contribution in [0.5, 0.6) is 0 Å². The van der Waals surface area contributed by atoms with Crippen molar-refractivity contribution in [3.05, 3.63) is 35.9 Å². The summed E-state index contributed by atoms with van der Waals surface area (Å²) in [5.74, 6) is 0.778. The monoisotopic (exact) mass is 234 g/mol. The molecule has 0 aliphatic heterocycles. The average Bonchev–Trinajstić information content (AvgIpc) is 2.39. The summed E-state index contributed by atoms with van der Waals surface area (Å²) in [7, 11) is 0. The lowest BCUT2D eigenvalue weighted by Crippen LogP contribution is -2.40. The molecular weight excluding hydrogens is 208 g/mol. The standard InChI is InChI=1S/C15H26N2/c1-3-13(4-2)12-17-15(11-16)10-14-8-6-5-7-9-14/h5-9,13,15,17H,3-4,10-12,16H2,1-2H3. The van der Waals surface area contributed by atoms with Crippen LogP contribution in [0, 0.1) is 5.92 Å². The van der Waals surface area contributed by atoms with Crippen LogP contribution in [-0.4, -0.2) is 19.1 Å². The molecule has 2 heteroatoms. The van der Waals surface area contributed by atoms with Gasteiger partial charge in [0.1, 0.15) is 0 Å². The largest absolute Gasteiger partial charge is 0.329 e. The Balaban J connectivity index is 2.38. The molecule has 17 heavy (non-hydrogen) atoms. The van der Waals surface area contributed by atoms with Crippen LogP contribution in [0.4, 0.5) is 0 Å². The van der Waals surface area contributed by atoms with Gasteiger partial charge in [0.15, 0.2) is 0 Å². The van der Waals surface area contributed by atoms with Crippen molar-refractivity contribution in [1.29, 1.82) is 0 Å². The Morgan fingerprint density at radius 1 is 1.12 bits per heavy atom.